The Morgan fingerprint density at radius 1 is 1.08 bits per heavy atom. The Hall–Kier alpha value is -3.24. The smallest absolute Gasteiger partial charge is 0.247 e. The van der Waals surface area contributed by atoms with E-state index in [2.05, 4.69) is 51.7 Å². The summed E-state index contributed by atoms with van der Waals surface area (Å²) in [6.45, 7) is 3.00. The Labute approximate surface area is 212 Å². The molecule has 8 nitrogen and oxygen atoms in total. The molecule has 0 radical (unpaired) electrons. The van der Waals surface area contributed by atoms with Gasteiger partial charge in [0.25, 0.3) is 0 Å². The second-order valence-electron chi connectivity index (χ2n) is 9.26. The van der Waals surface area contributed by atoms with Crippen LogP contribution in [0.2, 0.25) is 0 Å². The van der Waals surface area contributed by atoms with Gasteiger partial charge in [-0.15, -0.1) is 5.10 Å². The van der Waals surface area contributed by atoms with Crippen LogP contribution in [0.1, 0.15) is 16.7 Å². The number of hydrogen-bond acceptors (Lipinski definition) is 6. The van der Waals surface area contributed by atoms with Crippen LogP contribution in [-0.4, -0.2) is 62.1 Å². The summed E-state index contributed by atoms with van der Waals surface area (Å²) in [5, 5.41) is 15.5. The van der Waals surface area contributed by atoms with Gasteiger partial charge in [-0.2, -0.15) is 4.98 Å². The highest BCUT2D eigenvalue weighted by atomic mass is 32.2. The lowest BCUT2D eigenvalue weighted by atomic mass is 10.0. The third-order valence-corrected chi connectivity index (χ3v) is 7.30. The number of pyridine rings is 1. The van der Waals surface area contributed by atoms with E-state index < -0.39 is 9.71 Å². The van der Waals surface area contributed by atoms with E-state index in [0.717, 1.165) is 54.0 Å². The first-order valence-electron chi connectivity index (χ1n) is 12.0. The maximum Gasteiger partial charge on any atom is 0.247 e. The van der Waals surface area contributed by atoms with Gasteiger partial charge in [0, 0.05) is 60.2 Å². The molecule has 1 aliphatic rings. The van der Waals surface area contributed by atoms with Crippen molar-refractivity contribution in [3.05, 3.63) is 77.5 Å². The number of methoxy groups -OCH3 is 1. The fraction of sp³-hybridized carbons (Fsp3) is 0.296. The quantitative estimate of drug-likeness (QED) is 0.375. The van der Waals surface area contributed by atoms with Gasteiger partial charge in [0.2, 0.25) is 5.95 Å². The predicted molar refractivity (Wildman–Crippen MR) is 147 cm³/mol. The molecular formula is C27H32N6O2S. The zero-order valence-corrected chi connectivity index (χ0v) is 21.5. The normalized spacial score (nSPS) is 15.8. The van der Waals surface area contributed by atoms with Gasteiger partial charge in [-0.05, 0) is 64.7 Å². The lowest BCUT2D eigenvalue weighted by Gasteiger charge is -2.17. The van der Waals surface area contributed by atoms with Crippen molar-refractivity contribution in [2.24, 2.45) is 5.14 Å². The second kappa shape index (κ2) is 10.4. The Morgan fingerprint density at radius 3 is 2.67 bits per heavy atom. The molecule has 0 aliphatic carbocycles. The zero-order valence-electron chi connectivity index (χ0n) is 20.7. The molecular weight excluding hydrogens is 472 g/mol. The van der Waals surface area contributed by atoms with E-state index in [-0.39, 0.29) is 0 Å². The summed E-state index contributed by atoms with van der Waals surface area (Å²) >= 11 is 0. The van der Waals surface area contributed by atoms with Crippen LogP contribution in [0, 0.1) is 0 Å². The number of nitrogens with two attached hydrogens (primary N) is 1. The van der Waals surface area contributed by atoms with Gasteiger partial charge >= 0.3 is 0 Å². The van der Waals surface area contributed by atoms with Crippen molar-refractivity contribution in [1.29, 1.82) is 0 Å². The molecule has 0 amide bonds. The molecule has 5 rings (SSSR count). The van der Waals surface area contributed by atoms with E-state index >= 15 is 0 Å². The number of ether oxygens (including phenoxy) is 1. The highest BCUT2D eigenvalue weighted by Gasteiger charge is 2.16. The van der Waals surface area contributed by atoms with Gasteiger partial charge < -0.3 is 10.1 Å². The lowest BCUT2D eigenvalue weighted by molar-refractivity contribution is 0.185. The molecule has 1 unspecified atom stereocenters. The summed E-state index contributed by atoms with van der Waals surface area (Å²) < 4.78 is 19.0. The van der Waals surface area contributed by atoms with Crippen molar-refractivity contribution in [3.8, 4) is 11.1 Å². The average Bonchev–Trinajstić information content (AvgIpc) is 3.15. The number of nitrogens with zero attached hydrogens (tertiary/aromatic N) is 4. The molecule has 3 heterocycles. The van der Waals surface area contributed by atoms with E-state index in [4.69, 9.17) is 14.9 Å². The molecule has 188 valence electrons. The molecule has 2 aromatic heterocycles. The van der Waals surface area contributed by atoms with Crippen LogP contribution < -0.4 is 10.5 Å². The Balaban J connectivity index is 1.37. The molecule has 0 bridgehead atoms. The molecule has 36 heavy (non-hydrogen) atoms. The summed E-state index contributed by atoms with van der Waals surface area (Å²) in [5.74, 6) is 0.553. The van der Waals surface area contributed by atoms with Gasteiger partial charge in [0.15, 0.2) is 5.65 Å². The van der Waals surface area contributed by atoms with Crippen LogP contribution in [0.25, 0.3) is 16.8 Å². The van der Waals surface area contributed by atoms with Crippen LogP contribution in [0.3, 0.4) is 0 Å². The summed E-state index contributed by atoms with van der Waals surface area (Å²) in [7, 11) is -0.626. The van der Waals surface area contributed by atoms with E-state index in [1.54, 1.807) is 18.7 Å². The molecule has 0 spiro atoms. The highest BCUT2D eigenvalue weighted by Crippen LogP contribution is 2.29. The third kappa shape index (κ3) is 5.60. The van der Waals surface area contributed by atoms with Crippen molar-refractivity contribution >= 4 is 32.4 Å². The van der Waals surface area contributed by atoms with Crippen LogP contribution in [0.4, 0.5) is 11.6 Å². The van der Waals surface area contributed by atoms with Gasteiger partial charge in [-0.1, -0.05) is 30.3 Å². The number of fused-ring (bicyclic) bond motifs is 2. The minimum atomic E-state index is -2.33. The third-order valence-electron chi connectivity index (χ3n) is 6.49. The maximum atomic E-state index is 11.8. The monoisotopic (exact) mass is 504 g/mol. The van der Waals surface area contributed by atoms with Crippen LogP contribution in [0.5, 0.6) is 0 Å². The highest BCUT2D eigenvalue weighted by molar-refractivity contribution is 7.98. The lowest BCUT2D eigenvalue weighted by Crippen LogP contribution is -2.30. The minimum Gasteiger partial charge on any atom is -0.380 e. The molecule has 9 heteroatoms. The summed E-state index contributed by atoms with van der Waals surface area (Å²) in [6, 6.07) is 18.7. The first-order valence-corrected chi connectivity index (χ1v) is 14.1. The standard InChI is InChI=1S/C27H32N6O2S/c1-35-19-22-6-3-4-7-24(22)25-8-5-13-33-26(25)30-27(31-33)29-23-10-9-20-11-14-32(15-12-21(20)18-23)16-17-36(2,28)34/h3-10,13,17-18H,11-12,14-16,19H2,1-2H3,(H2,28,34)(H,29,31). The fourth-order valence-electron chi connectivity index (χ4n) is 4.65. The minimum absolute atomic E-state index is 0.532. The second-order valence-corrected chi connectivity index (χ2v) is 11.5. The summed E-state index contributed by atoms with van der Waals surface area (Å²) in [6.07, 6.45) is 5.36. The maximum absolute atomic E-state index is 11.8. The molecule has 0 saturated heterocycles. The van der Waals surface area contributed by atoms with Gasteiger partial charge in [0.1, 0.15) is 0 Å². The molecule has 0 saturated carbocycles. The number of nitrogens with one attached hydrogen (secondary N) is 1. The van der Waals surface area contributed by atoms with E-state index in [9.17, 15) is 4.21 Å². The van der Waals surface area contributed by atoms with Crippen molar-refractivity contribution in [2.75, 3.05) is 38.3 Å². The molecule has 1 atom stereocenters. The molecule has 1 aliphatic heterocycles. The van der Waals surface area contributed by atoms with E-state index in [1.165, 1.54) is 11.1 Å². The van der Waals surface area contributed by atoms with Crippen molar-refractivity contribution in [3.63, 3.8) is 0 Å². The number of hydrogen-bond donors (Lipinski definition) is 2. The number of aromatic nitrogens is 3. The van der Waals surface area contributed by atoms with Crippen molar-refractivity contribution in [1.82, 2.24) is 19.5 Å². The van der Waals surface area contributed by atoms with Gasteiger partial charge in [-0.3, -0.25) is 14.2 Å². The van der Waals surface area contributed by atoms with E-state index in [1.807, 2.05) is 28.9 Å². The van der Waals surface area contributed by atoms with Crippen LogP contribution in [0.15, 0.2) is 60.8 Å². The van der Waals surface area contributed by atoms with Crippen LogP contribution >= 0.6 is 0 Å². The molecule has 3 N–H and O–H groups in total. The summed E-state index contributed by atoms with van der Waals surface area (Å²) in [5.41, 5.74) is 7.61. The number of anilines is 2. The number of rotatable bonds is 7. The van der Waals surface area contributed by atoms with E-state index in [0.29, 0.717) is 19.1 Å². The molecule has 4 aromatic rings. The van der Waals surface area contributed by atoms with Gasteiger partial charge in [0.05, 0.1) is 6.61 Å². The first-order chi connectivity index (χ1) is 17.4. The Bertz CT molecular complexity index is 1500. The Morgan fingerprint density at radius 2 is 1.86 bits per heavy atom. The Kier molecular flexibility index (Phi) is 7.06. The average molecular weight is 505 g/mol. The molecule has 0 fully saturated rings. The zero-order chi connectivity index (χ0) is 25.1. The molecule has 2 aromatic carbocycles. The number of benzene rings is 2. The SMILES string of the molecule is COCc1ccccc1-c1cccn2nc(Nc3ccc4c(c3)CCN(CC=S(C)(N)=O)CC4)nc12. The van der Waals surface area contributed by atoms with Gasteiger partial charge in [-0.25, -0.2) is 4.52 Å². The van der Waals surface area contributed by atoms with Crippen molar-refractivity contribution in [2.45, 2.75) is 19.4 Å². The fourth-order valence-corrected chi connectivity index (χ4v) is 5.15. The van der Waals surface area contributed by atoms with Crippen molar-refractivity contribution < 1.29 is 8.95 Å². The predicted octanol–water partition coefficient (Wildman–Crippen LogP) is 3.28. The first kappa shape index (κ1) is 24.5. The topological polar surface area (TPSA) is 97.8 Å². The van der Waals surface area contributed by atoms with Crippen LogP contribution in [-0.2, 0) is 33.9 Å². The largest absolute Gasteiger partial charge is 0.380 e. The summed E-state index contributed by atoms with van der Waals surface area (Å²) in [4.78, 5) is 7.13.